The molecule has 2 aliphatic rings. The molecule has 1 N–H and O–H groups in total. The van der Waals surface area contributed by atoms with E-state index in [0.717, 1.165) is 38.2 Å². The minimum atomic E-state index is -5.08. The molecule has 0 aliphatic carbocycles. The first-order valence-electron chi connectivity index (χ1n) is 9.92. The molecule has 12 heteroatoms. The van der Waals surface area contributed by atoms with Crippen molar-refractivity contribution in [3.8, 4) is 0 Å². The Kier molecular flexibility index (Phi) is 7.14. The van der Waals surface area contributed by atoms with Crippen LogP contribution in [-0.2, 0) is 27.9 Å². The van der Waals surface area contributed by atoms with Gasteiger partial charge in [0.25, 0.3) is 5.91 Å². The predicted molar refractivity (Wildman–Crippen MR) is 107 cm³/mol. The fourth-order valence-electron chi connectivity index (χ4n) is 3.67. The minimum Gasteiger partial charge on any atom is -0.475 e. The Balaban J connectivity index is 0.000000360. The predicted octanol–water partition coefficient (Wildman–Crippen LogP) is 1.85. The number of likely N-dealkylation sites (tertiary alicyclic amines) is 1. The maximum absolute atomic E-state index is 12.3. The van der Waals surface area contributed by atoms with Gasteiger partial charge in [-0.25, -0.2) is 4.79 Å². The average molecular weight is 455 g/mol. The quantitative estimate of drug-likeness (QED) is 0.754. The first kappa shape index (κ1) is 23.7. The summed E-state index contributed by atoms with van der Waals surface area (Å²) < 4.78 is 39.5. The number of piperidine rings is 1. The van der Waals surface area contributed by atoms with E-state index >= 15 is 0 Å². The van der Waals surface area contributed by atoms with Gasteiger partial charge in [-0.2, -0.15) is 18.3 Å². The molecule has 2 saturated heterocycles. The molecule has 2 fully saturated rings. The highest BCUT2D eigenvalue weighted by Crippen LogP contribution is 2.33. The van der Waals surface area contributed by atoms with Crippen molar-refractivity contribution in [2.75, 3.05) is 31.1 Å². The van der Waals surface area contributed by atoms with E-state index in [1.54, 1.807) is 17.1 Å². The Bertz CT molecular complexity index is 927. The van der Waals surface area contributed by atoms with Crippen molar-refractivity contribution in [3.05, 3.63) is 42.5 Å². The van der Waals surface area contributed by atoms with Crippen LogP contribution >= 0.6 is 0 Å². The van der Waals surface area contributed by atoms with Gasteiger partial charge in [0.05, 0.1) is 24.0 Å². The molecule has 4 heterocycles. The number of anilines is 1. The number of halogens is 3. The Morgan fingerprint density at radius 1 is 1.28 bits per heavy atom. The standard InChI is InChI=1S/C18H23N5O2.C2HF3O2/c1-21-12-16(10-20-21)23-14-18(25-13-17(23)24)4-7-22(8-5-18)11-15-3-2-6-19-9-15;3-2(4,5)1(6)7/h2-3,6,9-10,12H,4-5,7-8,11,13-14H2,1H3;(H,6,7). The number of rotatable bonds is 3. The maximum atomic E-state index is 12.3. The molecule has 0 unspecified atom stereocenters. The van der Waals surface area contributed by atoms with Crippen molar-refractivity contribution in [2.45, 2.75) is 31.2 Å². The number of carbonyl (C=O) groups excluding carboxylic acids is 1. The van der Waals surface area contributed by atoms with Crippen LogP contribution in [0.5, 0.6) is 0 Å². The number of nitrogens with zero attached hydrogens (tertiary/aromatic N) is 5. The lowest BCUT2D eigenvalue weighted by Gasteiger charge is -2.46. The number of hydrogen-bond donors (Lipinski definition) is 1. The molecule has 0 saturated carbocycles. The smallest absolute Gasteiger partial charge is 0.475 e. The van der Waals surface area contributed by atoms with Crippen LogP contribution in [0.2, 0.25) is 0 Å². The van der Waals surface area contributed by atoms with Crippen molar-refractivity contribution >= 4 is 17.6 Å². The van der Waals surface area contributed by atoms with Gasteiger partial charge >= 0.3 is 12.1 Å². The second-order valence-corrected chi connectivity index (χ2v) is 7.76. The van der Waals surface area contributed by atoms with E-state index in [9.17, 15) is 18.0 Å². The minimum absolute atomic E-state index is 0.0106. The molecule has 0 bridgehead atoms. The number of carboxylic acid groups (broad SMARTS) is 1. The van der Waals surface area contributed by atoms with Gasteiger partial charge in [-0.05, 0) is 24.5 Å². The summed E-state index contributed by atoms with van der Waals surface area (Å²) in [4.78, 5) is 29.6. The topological polar surface area (TPSA) is 101 Å². The Morgan fingerprint density at radius 2 is 1.97 bits per heavy atom. The van der Waals surface area contributed by atoms with Crippen molar-refractivity contribution < 1.29 is 32.6 Å². The summed E-state index contributed by atoms with van der Waals surface area (Å²) in [6.07, 6.45) is 4.12. The van der Waals surface area contributed by atoms with E-state index in [1.165, 1.54) is 5.56 Å². The van der Waals surface area contributed by atoms with Crippen molar-refractivity contribution in [1.29, 1.82) is 0 Å². The number of carbonyl (C=O) groups is 2. The number of aryl methyl sites for hydroxylation is 1. The van der Waals surface area contributed by atoms with E-state index in [4.69, 9.17) is 14.6 Å². The third-order valence-corrected chi connectivity index (χ3v) is 5.39. The summed E-state index contributed by atoms with van der Waals surface area (Å²) in [7, 11) is 1.86. The molecule has 0 aromatic carbocycles. The molecule has 174 valence electrons. The van der Waals surface area contributed by atoms with Crippen LogP contribution in [0.3, 0.4) is 0 Å². The molecule has 1 amide bonds. The molecule has 0 atom stereocenters. The van der Waals surface area contributed by atoms with Crippen molar-refractivity contribution in [1.82, 2.24) is 19.7 Å². The van der Waals surface area contributed by atoms with Gasteiger partial charge in [0, 0.05) is 45.3 Å². The number of aromatic nitrogens is 3. The number of morpholine rings is 1. The van der Waals surface area contributed by atoms with Crippen LogP contribution in [0, 0.1) is 0 Å². The molecule has 32 heavy (non-hydrogen) atoms. The average Bonchev–Trinajstić information content (AvgIpc) is 3.18. The lowest BCUT2D eigenvalue weighted by atomic mass is 9.89. The van der Waals surface area contributed by atoms with Crippen LogP contribution in [0.15, 0.2) is 36.9 Å². The van der Waals surface area contributed by atoms with Gasteiger partial charge in [-0.3, -0.25) is 19.4 Å². The van der Waals surface area contributed by atoms with Crippen molar-refractivity contribution in [3.63, 3.8) is 0 Å². The lowest BCUT2D eigenvalue weighted by Crippen LogP contribution is -2.58. The molecule has 2 aliphatic heterocycles. The number of alkyl halides is 3. The number of amides is 1. The summed E-state index contributed by atoms with van der Waals surface area (Å²) in [6, 6.07) is 4.08. The largest absolute Gasteiger partial charge is 0.490 e. The van der Waals surface area contributed by atoms with Crippen LogP contribution in [-0.4, -0.2) is 74.7 Å². The van der Waals surface area contributed by atoms with E-state index in [-0.39, 0.29) is 18.1 Å². The number of aliphatic carboxylic acids is 1. The Hall–Kier alpha value is -2.99. The molecule has 2 aromatic rings. The molecule has 0 radical (unpaired) electrons. The van der Waals surface area contributed by atoms with Crippen molar-refractivity contribution in [2.24, 2.45) is 7.05 Å². The zero-order chi connectivity index (χ0) is 23.4. The number of ether oxygens (including phenoxy) is 1. The SMILES string of the molecule is Cn1cc(N2CC3(CCN(Cc4cccnc4)CC3)OCC2=O)cn1.O=C(O)C(F)(F)F. The highest BCUT2D eigenvalue weighted by molar-refractivity contribution is 5.94. The van der Waals surface area contributed by atoms with Crippen LogP contribution in [0.1, 0.15) is 18.4 Å². The van der Waals surface area contributed by atoms with Gasteiger partial charge in [0.2, 0.25) is 0 Å². The number of pyridine rings is 1. The van der Waals surface area contributed by atoms with Crippen LogP contribution < -0.4 is 4.90 Å². The first-order chi connectivity index (χ1) is 15.1. The normalized spacial score (nSPS) is 18.9. The number of hydrogen-bond acceptors (Lipinski definition) is 6. The summed E-state index contributed by atoms with van der Waals surface area (Å²) in [5, 5.41) is 11.3. The highest BCUT2D eigenvalue weighted by Gasteiger charge is 2.43. The Morgan fingerprint density at radius 3 is 2.50 bits per heavy atom. The summed E-state index contributed by atoms with van der Waals surface area (Å²) >= 11 is 0. The second-order valence-electron chi connectivity index (χ2n) is 7.76. The van der Waals surface area contributed by atoms with E-state index in [1.807, 2.05) is 30.4 Å². The van der Waals surface area contributed by atoms with E-state index < -0.39 is 12.1 Å². The molecule has 2 aromatic heterocycles. The monoisotopic (exact) mass is 455 g/mol. The first-order valence-corrected chi connectivity index (χ1v) is 9.92. The molecule has 1 spiro atoms. The Labute approximate surface area is 182 Å². The van der Waals surface area contributed by atoms with Gasteiger partial charge in [0.15, 0.2) is 0 Å². The molecular weight excluding hydrogens is 431 g/mol. The van der Waals surface area contributed by atoms with E-state index in [2.05, 4.69) is 21.0 Å². The fourth-order valence-corrected chi connectivity index (χ4v) is 3.67. The zero-order valence-electron chi connectivity index (χ0n) is 17.5. The molecule has 4 rings (SSSR count). The van der Waals surface area contributed by atoms with Gasteiger partial charge in [-0.15, -0.1) is 0 Å². The van der Waals surface area contributed by atoms with Gasteiger partial charge < -0.3 is 14.7 Å². The summed E-state index contributed by atoms with van der Waals surface area (Å²) in [5.41, 5.74) is 1.85. The summed E-state index contributed by atoms with van der Waals surface area (Å²) in [6.45, 7) is 3.60. The lowest BCUT2D eigenvalue weighted by molar-refractivity contribution is -0.192. The van der Waals surface area contributed by atoms with E-state index in [0.29, 0.717) is 6.54 Å². The zero-order valence-corrected chi connectivity index (χ0v) is 17.5. The van der Waals surface area contributed by atoms with Crippen LogP contribution in [0.4, 0.5) is 18.9 Å². The maximum Gasteiger partial charge on any atom is 0.490 e. The highest BCUT2D eigenvalue weighted by atomic mass is 19.4. The third kappa shape index (κ3) is 6.04. The fraction of sp³-hybridized carbons (Fsp3) is 0.500. The molecular formula is C20H24F3N5O4. The molecule has 9 nitrogen and oxygen atoms in total. The second kappa shape index (κ2) is 9.65. The van der Waals surface area contributed by atoms with Gasteiger partial charge in [0.1, 0.15) is 6.61 Å². The van der Waals surface area contributed by atoms with Gasteiger partial charge in [-0.1, -0.05) is 6.07 Å². The number of carboxylic acids is 1. The van der Waals surface area contributed by atoms with Crippen LogP contribution in [0.25, 0.3) is 0 Å². The summed E-state index contributed by atoms with van der Waals surface area (Å²) in [5.74, 6) is -2.75. The third-order valence-electron chi connectivity index (χ3n) is 5.39.